The Kier molecular flexibility index (Phi) is 10.1. The average Bonchev–Trinajstić information content (AvgIpc) is 3.37. The van der Waals surface area contributed by atoms with Gasteiger partial charge in [0.05, 0.1) is 13.1 Å². The summed E-state index contributed by atoms with van der Waals surface area (Å²) in [5.74, 6) is 1.65. The maximum atomic E-state index is 12.3. The highest BCUT2D eigenvalue weighted by Crippen LogP contribution is 2.16. The van der Waals surface area contributed by atoms with Crippen molar-refractivity contribution >= 4 is 11.9 Å². The van der Waals surface area contributed by atoms with Crippen molar-refractivity contribution < 1.29 is 14.3 Å². The Morgan fingerprint density at radius 1 is 1.25 bits per heavy atom. The van der Waals surface area contributed by atoms with Gasteiger partial charge in [-0.2, -0.15) is 0 Å². The Morgan fingerprint density at radius 3 is 2.78 bits per heavy atom. The third-order valence-electron chi connectivity index (χ3n) is 6.06. The Hall–Kier alpha value is -2.32. The van der Waals surface area contributed by atoms with Gasteiger partial charge < -0.3 is 25.0 Å². The number of ether oxygens (including phenoxy) is 2. The Balaban J connectivity index is 1.44. The summed E-state index contributed by atoms with van der Waals surface area (Å²) in [5.41, 5.74) is 1.07. The number of likely N-dealkylation sites (tertiary alicyclic amines) is 1. The van der Waals surface area contributed by atoms with E-state index >= 15 is 0 Å². The van der Waals surface area contributed by atoms with Gasteiger partial charge in [-0.3, -0.25) is 9.69 Å². The van der Waals surface area contributed by atoms with Crippen molar-refractivity contribution in [2.75, 3.05) is 59.6 Å². The van der Waals surface area contributed by atoms with Gasteiger partial charge in [0.25, 0.3) is 0 Å². The van der Waals surface area contributed by atoms with Crippen molar-refractivity contribution in [2.24, 2.45) is 4.99 Å². The highest BCUT2D eigenvalue weighted by Gasteiger charge is 2.18. The number of nitrogens with one attached hydrogen (secondary N) is 2. The summed E-state index contributed by atoms with van der Waals surface area (Å²) in [6, 6.07) is 8.65. The van der Waals surface area contributed by atoms with Gasteiger partial charge in [0.1, 0.15) is 12.4 Å². The van der Waals surface area contributed by atoms with Crippen molar-refractivity contribution in [2.45, 2.75) is 45.2 Å². The number of carbonyl (C=O) groups excluding carboxylic acids is 1. The van der Waals surface area contributed by atoms with Crippen LogP contribution in [0.2, 0.25) is 0 Å². The molecule has 0 aromatic heterocycles. The lowest BCUT2D eigenvalue weighted by Crippen LogP contribution is -2.44. The number of nitrogens with zero attached hydrogens (tertiary/aromatic N) is 3. The number of benzene rings is 1. The average molecular weight is 446 g/mol. The number of guanidine groups is 1. The van der Waals surface area contributed by atoms with Gasteiger partial charge in [-0.05, 0) is 57.4 Å². The van der Waals surface area contributed by atoms with Gasteiger partial charge in [-0.25, -0.2) is 4.99 Å². The van der Waals surface area contributed by atoms with Gasteiger partial charge in [0, 0.05) is 45.4 Å². The van der Waals surface area contributed by atoms with Crippen LogP contribution in [0.1, 0.15) is 38.2 Å². The van der Waals surface area contributed by atoms with Crippen LogP contribution in [0, 0.1) is 0 Å². The molecule has 8 nitrogen and oxygen atoms in total. The molecule has 32 heavy (non-hydrogen) atoms. The molecule has 2 heterocycles. The van der Waals surface area contributed by atoms with E-state index < -0.39 is 0 Å². The van der Waals surface area contributed by atoms with Gasteiger partial charge in [0.2, 0.25) is 5.91 Å². The van der Waals surface area contributed by atoms with Crippen molar-refractivity contribution in [1.29, 1.82) is 0 Å². The van der Waals surface area contributed by atoms with Crippen LogP contribution in [0.3, 0.4) is 0 Å². The summed E-state index contributed by atoms with van der Waals surface area (Å²) in [7, 11) is 2.16. The number of carbonyl (C=O) groups is 1. The Bertz CT molecular complexity index is 730. The van der Waals surface area contributed by atoms with E-state index in [2.05, 4.69) is 27.6 Å². The second kappa shape index (κ2) is 13.3. The van der Waals surface area contributed by atoms with Crippen LogP contribution in [0.25, 0.3) is 0 Å². The molecule has 8 heteroatoms. The topological polar surface area (TPSA) is 78.4 Å². The van der Waals surface area contributed by atoms with Gasteiger partial charge in [-0.15, -0.1) is 0 Å². The minimum absolute atomic E-state index is 0.134. The fourth-order valence-electron chi connectivity index (χ4n) is 4.10. The van der Waals surface area contributed by atoms with Crippen molar-refractivity contribution in [3.63, 3.8) is 0 Å². The van der Waals surface area contributed by atoms with E-state index in [0.29, 0.717) is 25.2 Å². The molecule has 0 radical (unpaired) electrons. The molecule has 2 aliphatic heterocycles. The number of hydrogen-bond donors (Lipinski definition) is 2. The lowest BCUT2D eigenvalue weighted by molar-refractivity contribution is -0.128. The second-order valence-corrected chi connectivity index (χ2v) is 8.46. The highest BCUT2D eigenvalue weighted by molar-refractivity contribution is 5.86. The summed E-state index contributed by atoms with van der Waals surface area (Å²) >= 11 is 0. The first kappa shape index (κ1) is 24.3. The van der Waals surface area contributed by atoms with E-state index in [-0.39, 0.29) is 12.5 Å². The van der Waals surface area contributed by atoms with Gasteiger partial charge in [0.15, 0.2) is 5.96 Å². The van der Waals surface area contributed by atoms with Crippen molar-refractivity contribution in [3.05, 3.63) is 29.8 Å². The van der Waals surface area contributed by atoms with Gasteiger partial charge in [-0.1, -0.05) is 12.1 Å². The molecule has 2 fully saturated rings. The lowest BCUT2D eigenvalue weighted by Gasteiger charge is -2.31. The molecule has 178 valence electrons. The quantitative estimate of drug-likeness (QED) is 0.423. The van der Waals surface area contributed by atoms with Crippen LogP contribution in [0.5, 0.6) is 5.75 Å². The third kappa shape index (κ3) is 7.98. The first-order chi connectivity index (χ1) is 15.7. The van der Waals surface area contributed by atoms with Crippen LogP contribution < -0.4 is 15.4 Å². The zero-order valence-electron chi connectivity index (χ0n) is 19.6. The molecule has 2 N–H and O–H groups in total. The van der Waals surface area contributed by atoms with Crippen molar-refractivity contribution in [3.8, 4) is 5.75 Å². The predicted molar refractivity (Wildman–Crippen MR) is 127 cm³/mol. The zero-order chi connectivity index (χ0) is 22.6. The molecule has 1 aromatic carbocycles. The molecule has 0 bridgehead atoms. The molecule has 1 amide bonds. The minimum atomic E-state index is 0.134. The first-order valence-electron chi connectivity index (χ1n) is 12.0. The molecule has 0 unspecified atom stereocenters. The van der Waals surface area contributed by atoms with E-state index in [1.165, 1.54) is 0 Å². The van der Waals surface area contributed by atoms with Crippen LogP contribution in [0.4, 0.5) is 0 Å². The number of hydrogen-bond acceptors (Lipinski definition) is 5. The summed E-state index contributed by atoms with van der Waals surface area (Å²) in [4.78, 5) is 21.2. The van der Waals surface area contributed by atoms with E-state index in [1.54, 1.807) is 0 Å². The molecular weight excluding hydrogens is 406 g/mol. The SMILES string of the molecule is CCNC(=NCc1cccc(OCCN(C)C2CCOCC2)c1)NCC(=O)N1CCCC1. The van der Waals surface area contributed by atoms with Crippen LogP contribution in [-0.2, 0) is 16.1 Å². The van der Waals surface area contributed by atoms with E-state index in [1.807, 2.05) is 36.1 Å². The second-order valence-electron chi connectivity index (χ2n) is 8.46. The summed E-state index contributed by atoms with van der Waals surface area (Å²) in [5, 5.41) is 6.38. The largest absolute Gasteiger partial charge is 0.492 e. The fraction of sp³-hybridized carbons (Fsp3) is 0.667. The predicted octanol–water partition coefficient (Wildman–Crippen LogP) is 1.85. The maximum Gasteiger partial charge on any atom is 0.241 e. The van der Waals surface area contributed by atoms with E-state index in [9.17, 15) is 4.79 Å². The number of rotatable bonds is 10. The molecule has 1 aromatic rings. The summed E-state index contributed by atoms with van der Waals surface area (Å²) in [6.45, 7) is 8.55. The number of aliphatic imine (C=N–C) groups is 1. The van der Waals surface area contributed by atoms with E-state index in [0.717, 1.165) is 76.4 Å². The Labute approximate surface area is 192 Å². The van der Waals surface area contributed by atoms with Crippen molar-refractivity contribution in [1.82, 2.24) is 20.4 Å². The highest BCUT2D eigenvalue weighted by atomic mass is 16.5. The Morgan fingerprint density at radius 2 is 2.03 bits per heavy atom. The molecule has 3 rings (SSSR count). The van der Waals surface area contributed by atoms with Gasteiger partial charge >= 0.3 is 0 Å². The fourth-order valence-corrected chi connectivity index (χ4v) is 4.10. The summed E-state index contributed by atoms with van der Waals surface area (Å²) in [6.07, 6.45) is 4.39. The number of likely N-dealkylation sites (N-methyl/N-ethyl adjacent to an activating group) is 1. The third-order valence-corrected chi connectivity index (χ3v) is 6.06. The molecule has 2 saturated heterocycles. The maximum absolute atomic E-state index is 12.3. The smallest absolute Gasteiger partial charge is 0.241 e. The first-order valence-corrected chi connectivity index (χ1v) is 12.0. The normalized spacial score (nSPS) is 17.6. The number of amides is 1. The molecule has 2 aliphatic rings. The molecule has 0 saturated carbocycles. The molecule has 0 aliphatic carbocycles. The standard InChI is InChI=1S/C24H39N5O3/c1-3-25-24(27-19-23(30)29-11-4-5-12-29)26-18-20-7-6-8-22(17-20)32-16-13-28(2)21-9-14-31-15-10-21/h6-8,17,21H,3-5,9-16,18-19H2,1-2H3,(H2,25,26,27). The summed E-state index contributed by atoms with van der Waals surface area (Å²) < 4.78 is 11.4. The zero-order valence-corrected chi connectivity index (χ0v) is 19.6. The monoisotopic (exact) mass is 445 g/mol. The molecule has 0 spiro atoms. The van der Waals surface area contributed by atoms with Crippen LogP contribution >= 0.6 is 0 Å². The minimum Gasteiger partial charge on any atom is -0.492 e. The molecule has 0 atom stereocenters. The van der Waals surface area contributed by atoms with E-state index in [4.69, 9.17) is 9.47 Å². The lowest BCUT2D eigenvalue weighted by atomic mass is 10.1. The van der Waals surface area contributed by atoms with Crippen LogP contribution in [0.15, 0.2) is 29.3 Å². The molecular formula is C24H39N5O3. The van der Waals surface area contributed by atoms with Crippen LogP contribution in [-0.4, -0.2) is 87.3 Å².